The summed E-state index contributed by atoms with van der Waals surface area (Å²) in [5, 5.41) is 7.50. The number of halogens is 4. The summed E-state index contributed by atoms with van der Waals surface area (Å²) in [6.07, 6.45) is 5.06. The molecule has 0 spiro atoms. The number of amidine groups is 1. The summed E-state index contributed by atoms with van der Waals surface area (Å²) in [6, 6.07) is 6.11. The van der Waals surface area contributed by atoms with Crippen LogP contribution in [0, 0.1) is 11.6 Å². The molecule has 1 N–H and O–H groups in total. The van der Waals surface area contributed by atoms with Gasteiger partial charge in [0.05, 0.1) is 11.1 Å². The van der Waals surface area contributed by atoms with E-state index in [2.05, 4.69) is 33.5 Å². The van der Waals surface area contributed by atoms with Crippen LogP contribution in [0.4, 0.5) is 23.2 Å². The van der Waals surface area contributed by atoms with E-state index in [0.717, 1.165) is 23.9 Å². The highest BCUT2D eigenvalue weighted by Crippen LogP contribution is 2.40. The lowest BCUT2D eigenvalue weighted by molar-refractivity contribution is -0.0456. The summed E-state index contributed by atoms with van der Waals surface area (Å²) < 4.78 is 77.4. The van der Waals surface area contributed by atoms with E-state index in [1.165, 1.54) is 12.3 Å². The Bertz CT molecular complexity index is 1580. The van der Waals surface area contributed by atoms with Gasteiger partial charge < -0.3 is 24.1 Å². The maximum absolute atomic E-state index is 15.2. The van der Waals surface area contributed by atoms with Crippen molar-refractivity contribution in [2.24, 2.45) is 4.99 Å². The third-order valence-electron chi connectivity index (χ3n) is 6.47. The SMILES string of the molecule is CC(C)n1nccc1-c1cn(COCC[Si](C)C)c2nccc(Oc3c(F)cc(NC4=NCC(F)(F)CO4)cc3F)c12. The molecule has 42 heavy (non-hydrogen) atoms. The lowest BCUT2D eigenvalue weighted by atomic mass is 10.1. The van der Waals surface area contributed by atoms with Crippen LogP contribution in [0.3, 0.4) is 0 Å². The fourth-order valence-electron chi connectivity index (χ4n) is 4.43. The molecule has 0 fully saturated rings. The number of aromatic nitrogens is 4. The molecular weight excluding hydrogens is 572 g/mol. The van der Waals surface area contributed by atoms with E-state index in [1.54, 1.807) is 6.20 Å². The second kappa shape index (κ2) is 12.1. The second-order valence-electron chi connectivity index (χ2n) is 10.5. The van der Waals surface area contributed by atoms with Gasteiger partial charge in [0, 0.05) is 63.4 Å². The van der Waals surface area contributed by atoms with Crippen LogP contribution in [0.5, 0.6) is 11.5 Å². The van der Waals surface area contributed by atoms with Gasteiger partial charge in [0.25, 0.3) is 6.02 Å². The van der Waals surface area contributed by atoms with E-state index in [-0.39, 0.29) is 30.2 Å². The number of rotatable bonds is 10. The van der Waals surface area contributed by atoms with E-state index >= 15 is 8.78 Å². The Labute approximate surface area is 241 Å². The molecule has 1 aliphatic heterocycles. The minimum atomic E-state index is -3.10. The number of anilines is 1. The Morgan fingerprint density at radius 2 is 1.90 bits per heavy atom. The van der Waals surface area contributed by atoms with E-state index in [4.69, 9.17) is 14.2 Å². The molecule has 223 valence electrons. The van der Waals surface area contributed by atoms with Gasteiger partial charge in [-0.2, -0.15) is 5.10 Å². The van der Waals surface area contributed by atoms with Crippen LogP contribution in [0.1, 0.15) is 19.9 Å². The van der Waals surface area contributed by atoms with Gasteiger partial charge in [-0.25, -0.2) is 27.5 Å². The van der Waals surface area contributed by atoms with Gasteiger partial charge in [-0.05, 0) is 32.0 Å². The van der Waals surface area contributed by atoms with Crippen molar-refractivity contribution in [2.75, 3.05) is 25.1 Å². The topological polar surface area (TPSA) is 87.7 Å². The lowest BCUT2D eigenvalue weighted by Crippen LogP contribution is -2.36. The predicted molar refractivity (Wildman–Crippen MR) is 153 cm³/mol. The first-order chi connectivity index (χ1) is 20.0. The van der Waals surface area contributed by atoms with Gasteiger partial charge in [-0.15, -0.1) is 0 Å². The summed E-state index contributed by atoms with van der Waals surface area (Å²) in [5.74, 6) is -5.59. The van der Waals surface area contributed by atoms with Gasteiger partial charge in [-0.1, -0.05) is 13.1 Å². The summed E-state index contributed by atoms with van der Waals surface area (Å²) in [4.78, 5) is 8.12. The van der Waals surface area contributed by atoms with Crippen molar-refractivity contribution in [3.8, 4) is 22.8 Å². The number of ether oxygens (including phenoxy) is 3. The molecule has 0 unspecified atom stereocenters. The van der Waals surface area contributed by atoms with Crippen molar-refractivity contribution in [3.05, 3.63) is 54.5 Å². The van der Waals surface area contributed by atoms with Crippen LogP contribution in [0.15, 0.2) is 47.8 Å². The number of aliphatic imine (C=N–C) groups is 1. The number of alkyl halides is 2. The van der Waals surface area contributed by atoms with E-state index in [1.807, 2.05) is 35.4 Å². The quantitative estimate of drug-likeness (QED) is 0.123. The maximum Gasteiger partial charge on any atom is 0.300 e. The van der Waals surface area contributed by atoms with Crippen LogP contribution in [0.2, 0.25) is 19.1 Å². The number of hydrogen-bond donors (Lipinski definition) is 1. The fourth-order valence-corrected chi connectivity index (χ4v) is 4.99. The van der Waals surface area contributed by atoms with Crippen LogP contribution in [0.25, 0.3) is 22.3 Å². The standard InChI is InChI=1S/C28H31F4N6O3Si/c1-17(2)38-22(5-8-35-38)19-13-37(16-39-9-10-42(3)4)26-24(19)23(6-7-33-26)41-25-20(29)11-18(12-21(25)30)36-27-34-14-28(31,32)15-40-27/h5-8,11-13,17H,9-10,14-16H2,1-4H3,(H,34,36). The highest BCUT2D eigenvalue weighted by Gasteiger charge is 2.34. The minimum absolute atomic E-state index is 0.0410. The van der Waals surface area contributed by atoms with Gasteiger partial charge in [0.2, 0.25) is 0 Å². The van der Waals surface area contributed by atoms with Crippen LogP contribution >= 0.6 is 0 Å². The molecule has 14 heteroatoms. The third kappa shape index (κ3) is 6.44. The highest BCUT2D eigenvalue weighted by atomic mass is 28.3. The Morgan fingerprint density at radius 1 is 1.14 bits per heavy atom. The molecule has 1 radical (unpaired) electrons. The summed E-state index contributed by atoms with van der Waals surface area (Å²) in [6.45, 7) is 7.60. The molecule has 0 bridgehead atoms. The number of nitrogens with one attached hydrogen (secondary N) is 1. The summed E-state index contributed by atoms with van der Waals surface area (Å²) in [5.41, 5.74) is 1.93. The minimum Gasteiger partial charge on any atom is -0.459 e. The molecule has 0 saturated heterocycles. The molecular formula is C28H31F4N6O3Si. The Kier molecular flexibility index (Phi) is 8.55. The highest BCUT2D eigenvalue weighted by molar-refractivity contribution is 6.55. The van der Waals surface area contributed by atoms with Crippen molar-refractivity contribution in [3.63, 3.8) is 0 Å². The summed E-state index contributed by atoms with van der Waals surface area (Å²) in [7, 11) is -0.441. The smallest absolute Gasteiger partial charge is 0.300 e. The number of hydrogen-bond acceptors (Lipinski definition) is 7. The van der Waals surface area contributed by atoms with E-state index in [9.17, 15) is 8.78 Å². The molecule has 1 aliphatic rings. The van der Waals surface area contributed by atoms with Crippen molar-refractivity contribution >= 4 is 31.5 Å². The number of fused-ring (bicyclic) bond motifs is 1. The monoisotopic (exact) mass is 603 g/mol. The second-order valence-corrected chi connectivity index (χ2v) is 13.4. The summed E-state index contributed by atoms with van der Waals surface area (Å²) >= 11 is 0. The maximum atomic E-state index is 15.2. The zero-order valence-corrected chi connectivity index (χ0v) is 24.6. The third-order valence-corrected chi connectivity index (χ3v) is 7.67. The Morgan fingerprint density at radius 3 is 2.57 bits per heavy atom. The van der Waals surface area contributed by atoms with Gasteiger partial charge in [0.1, 0.15) is 24.7 Å². The zero-order valence-electron chi connectivity index (χ0n) is 23.6. The fraction of sp³-hybridized carbons (Fsp3) is 0.393. The Hall–Kier alpha value is -3.91. The molecule has 0 saturated carbocycles. The van der Waals surface area contributed by atoms with Crippen molar-refractivity contribution in [2.45, 2.75) is 51.7 Å². The number of pyridine rings is 1. The van der Waals surface area contributed by atoms with E-state index in [0.29, 0.717) is 23.2 Å². The van der Waals surface area contributed by atoms with Gasteiger partial charge in [-0.3, -0.25) is 4.68 Å². The number of benzene rings is 1. The first-order valence-corrected chi connectivity index (χ1v) is 16.1. The number of nitrogens with zero attached hydrogens (tertiary/aromatic N) is 5. The average molecular weight is 604 g/mol. The van der Waals surface area contributed by atoms with Crippen LogP contribution < -0.4 is 10.1 Å². The van der Waals surface area contributed by atoms with Gasteiger partial charge in [0.15, 0.2) is 24.0 Å². The van der Waals surface area contributed by atoms with Crippen molar-refractivity contribution in [1.82, 2.24) is 19.3 Å². The molecule has 4 heterocycles. The largest absolute Gasteiger partial charge is 0.459 e. The predicted octanol–water partition coefficient (Wildman–Crippen LogP) is 6.71. The Balaban J connectivity index is 1.50. The lowest BCUT2D eigenvalue weighted by Gasteiger charge is -2.22. The van der Waals surface area contributed by atoms with Gasteiger partial charge >= 0.3 is 5.92 Å². The molecule has 0 aliphatic carbocycles. The molecule has 4 aromatic rings. The average Bonchev–Trinajstić information content (AvgIpc) is 3.55. The molecule has 9 nitrogen and oxygen atoms in total. The zero-order chi connectivity index (χ0) is 30.0. The first-order valence-electron chi connectivity index (χ1n) is 13.4. The molecule has 3 aromatic heterocycles. The molecule has 1 aromatic carbocycles. The van der Waals surface area contributed by atoms with Crippen LogP contribution in [-0.4, -0.2) is 59.8 Å². The molecule has 0 atom stereocenters. The molecule has 0 amide bonds. The van der Waals surface area contributed by atoms with Crippen molar-refractivity contribution < 1.29 is 31.8 Å². The first kappa shape index (κ1) is 29.6. The molecule has 5 rings (SSSR count). The van der Waals surface area contributed by atoms with Crippen molar-refractivity contribution in [1.29, 1.82) is 0 Å². The van der Waals surface area contributed by atoms with Crippen LogP contribution in [-0.2, 0) is 16.2 Å². The van der Waals surface area contributed by atoms with E-state index < -0.39 is 45.3 Å². The normalized spacial score (nSPS) is 14.9.